The molecule has 0 aliphatic rings. The van der Waals surface area contributed by atoms with Gasteiger partial charge in [-0.25, -0.2) is 8.42 Å². The lowest BCUT2D eigenvalue weighted by Gasteiger charge is -2.20. The second-order valence-electron chi connectivity index (χ2n) is 7.16. The van der Waals surface area contributed by atoms with E-state index >= 15 is 0 Å². The largest absolute Gasteiger partial charge is 0.324 e. The molecule has 0 spiro atoms. The van der Waals surface area contributed by atoms with Crippen molar-refractivity contribution in [2.24, 2.45) is 0 Å². The van der Waals surface area contributed by atoms with Crippen molar-refractivity contribution in [2.75, 3.05) is 5.32 Å². The Balaban J connectivity index is 1.70. The van der Waals surface area contributed by atoms with Crippen LogP contribution in [0.5, 0.6) is 0 Å². The number of nitrogens with one attached hydrogen (secondary N) is 2. The van der Waals surface area contributed by atoms with Gasteiger partial charge in [0.1, 0.15) is 22.0 Å². The fourth-order valence-corrected chi connectivity index (χ4v) is 5.24. The van der Waals surface area contributed by atoms with Crippen molar-refractivity contribution in [1.29, 1.82) is 0 Å². The highest BCUT2D eigenvalue weighted by molar-refractivity contribution is 7.89. The van der Waals surface area contributed by atoms with Gasteiger partial charge in [0, 0.05) is 5.69 Å². The van der Waals surface area contributed by atoms with Crippen LogP contribution >= 0.6 is 11.7 Å². The van der Waals surface area contributed by atoms with E-state index in [0.717, 1.165) is 22.9 Å². The first-order valence-electron chi connectivity index (χ1n) is 9.52. The molecule has 4 rings (SSSR count). The molecule has 3 aromatic carbocycles. The Kier molecular flexibility index (Phi) is 5.81. The van der Waals surface area contributed by atoms with E-state index in [0.29, 0.717) is 16.8 Å². The molecule has 1 atom stereocenters. The minimum atomic E-state index is -4.06. The van der Waals surface area contributed by atoms with Gasteiger partial charge in [0.05, 0.1) is 11.7 Å². The smallest absolute Gasteiger partial charge is 0.247 e. The van der Waals surface area contributed by atoms with Crippen molar-refractivity contribution in [3.05, 3.63) is 83.4 Å². The molecule has 0 bridgehead atoms. The molecule has 1 heterocycles. The van der Waals surface area contributed by atoms with Crippen LogP contribution in [0.2, 0.25) is 0 Å². The zero-order valence-electron chi connectivity index (χ0n) is 16.9. The number of aromatic nitrogens is 2. The third-order valence-electron chi connectivity index (χ3n) is 4.85. The number of hydrogen-bond acceptors (Lipinski definition) is 6. The fourth-order valence-electron chi connectivity index (χ4n) is 3.29. The number of carbonyl (C=O) groups is 1. The maximum atomic E-state index is 13.2. The van der Waals surface area contributed by atoms with E-state index in [-0.39, 0.29) is 10.4 Å². The van der Waals surface area contributed by atoms with Crippen LogP contribution in [0.1, 0.15) is 22.7 Å². The molecule has 0 aliphatic carbocycles. The molecule has 2 N–H and O–H groups in total. The number of rotatable bonds is 6. The molecule has 158 valence electrons. The summed E-state index contributed by atoms with van der Waals surface area (Å²) in [5, 5.41) is 2.85. The van der Waals surface area contributed by atoms with Gasteiger partial charge < -0.3 is 5.32 Å². The second-order valence-corrected chi connectivity index (χ2v) is 9.37. The van der Waals surface area contributed by atoms with Crippen LogP contribution in [0.3, 0.4) is 0 Å². The van der Waals surface area contributed by atoms with Crippen molar-refractivity contribution >= 4 is 44.4 Å². The minimum Gasteiger partial charge on any atom is -0.324 e. The van der Waals surface area contributed by atoms with Gasteiger partial charge in [-0.2, -0.15) is 13.5 Å². The summed E-state index contributed by atoms with van der Waals surface area (Å²) in [6.45, 7) is 3.85. The summed E-state index contributed by atoms with van der Waals surface area (Å²) >= 11 is 0.938. The van der Waals surface area contributed by atoms with Crippen molar-refractivity contribution in [1.82, 2.24) is 13.5 Å². The van der Waals surface area contributed by atoms with Gasteiger partial charge in [0.15, 0.2) is 0 Å². The van der Waals surface area contributed by atoms with E-state index in [9.17, 15) is 13.2 Å². The summed E-state index contributed by atoms with van der Waals surface area (Å²) in [7, 11) is -4.06. The molecule has 0 aliphatic heterocycles. The highest BCUT2D eigenvalue weighted by Crippen LogP contribution is 2.25. The Morgan fingerprint density at radius 2 is 1.74 bits per heavy atom. The summed E-state index contributed by atoms with van der Waals surface area (Å²) in [6, 6.07) is 18.0. The Morgan fingerprint density at radius 3 is 2.48 bits per heavy atom. The summed E-state index contributed by atoms with van der Waals surface area (Å²) in [4.78, 5) is 13.2. The number of hydrogen-bond donors (Lipinski definition) is 2. The predicted molar refractivity (Wildman–Crippen MR) is 121 cm³/mol. The van der Waals surface area contributed by atoms with Gasteiger partial charge in [-0.3, -0.25) is 4.79 Å². The van der Waals surface area contributed by atoms with E-state index in [1.807, 2.05) is 26.0 Å². The normalized spacial score (nSPS) is 12.6. The third-order valence-corrected chi connectivity index (χ3v) is 6.84. The van der Waals surface area contributed by atoms with Crippen LogP contribution in [0.25, 0.3) is 11.0 Å². The highest BCUT2D eigenvalue weighted by atomic mass is 32.2. The van der Waals surface area contributed by atoms with Crippen molar-refractivity contribution in [3.8, 4) is 0 Å². The number of amides is 1. The molecule has 0 unspecified atom stereocenters. The molecule has 9 heteroatoms. The predicted octanol–water partition coefficient (Wildman–Crippen LogP) is 3.97. The van der Waals surface area contributed by atoms with Gasteiger partial charge in [0.2, 0.25) is 15.9 Å². The lowest BCUT2D eigenvalue weighted by molar-refractivity contribution is -0.117. The van der Waals surface area contributed by atoms with Crippen molar-refractivity contribution in [2.45, 2.75) is 24.8 Å². The van der Waals surface area contributed by atoms with Gasteiger partial charge in [-0.05, 0) is 43.2 Å². The molecule has 0 fully saturated rings. The molecule has 1 aromatic heterocycles. The monoisotopic (exact) mass is 452 g/mol. The summed E-state index contributed by atoms with van der Waals surface area (Å²) in [5.74, 6) is -0.481. The lowest BCUT2D eigenvalue weighted by atomic mass is 10.1. The SMILES string of the molecule is Cc1ccc(NC(=O)[C@H](NS(=O)(=O)c2cccc3nsnc23)c2ccccc2)c(C)c1. The average Bonchev–Trinajstić information content (AvgIpc) is 3.23. The fraction of sp³-hybridized carbons (Fsp3) is 0.136. The van der Waals surface area contributed by atoms with E-state index in [4.69, 9.17) is 0 Å². The second kappa shape index (κ2) is 8.54. The van der Waals surface area contributed by atoms with E-state index in [1.165, 1.54) is 6.07 Å². The molecular weight excluding hydrogens is 432 g/mol. The topological polar surface area (TPSA) is 101 Å². The van der Waals surface area contributed by atoms with Crippen LogP contribution < -0.4 is 10.0 Å². The van der Waals surface area contributed by atoms with Gasteiger partial charge in [0.25, 0.3) is 0 Å². The molecule has 0 saturated carbocycles. The number of sulfonamides is 1. The quantitative estimate of drug-likeness (QED) is 0.461. The number of nitrogens with zero attached hydrogens (tertiary/aromatic N) is 2. The summed E-state index contributed by atoms with van der Waals surface area (Å²) in [6.07, 6.45) is 0. The lowest BCUT2D eigenvalue weighted by Crippen LogP contribution is -2.37. The summed E-state index contributed by atoms with van der Waals surface area (Å²) in [5.41, 5.74) is 3.88. The zero-order chi connectivity index (χ0) is 22.0. The van der Waals surface area contributed by atoms with Crippen LogP contribution in [-0.4, -0.2) is 23.1 Å². The molecule has 4 aromatic rings. The van der Waals surface area contributed by atoms with Crippen molar-refractivity contribution in [3.63, 3.8) is 0 Å². The maximum absolute atomic E-state index is 13.2. The van der Waals surface area contributed by atoms with Gasteiger partial charge in [-0.15, -0.1) is 0 Å². The Bertz CT molecular complexity index is 1350. The van der Waals surface area contributed by atoms with Crippen molar-refractivity contribution < 1.29 is 13.2 Å². The number of carbonyl (C=O) groups excluding carboxylic acids is 1. The molecule has 0 saturated heterocycles. The zero-order valence-corrected chi connectivity index (χ0v) is 18.5. The average molecular weight is 453 g/mol. The Labute approximate surface area is 184 Å². The molecule has 7 nitrogen and oxygen atoms in total. The van der Waals surface area contributed by atoms with E-state index in [1.54, 1.807) is 48.5 Å². The number of aryl methyl sites for hydroxylation is 2. The van der Waals surface area contributed by atoms with Crippen LogP contribution in [-0.2, 0) is 14.8 Å². The first-order valence-corrected chi connectivity index (χ1v) is 11.7. The first kappa shape index (κ1) is 21.1. The Hall–Kier alpha value is -3.14. The molecule has 31 heavy (non-hydrogen) atoms. The van der Waals surface area contributed by atoms with Gasteiger partial charge >= 0.3 is 0 Å². The number of anilines is 1. The Morgan fingerprint density at radius 1 is 0.968 bits per heavy atom. The van der Waals surface area contributed by atoms with E-state index < -0.39 is 22.0 Å². The summed E-state index contributed by atoms with van der Waals surface area (Å²) < 4.78 is 37.2. The van der Waals surface area contributed by atoms with Crippen LogP contribution in [0.4, 0.5) is 5.69 Å². The maximum Gasteiger partial charge on any atom is 0.247 e. The molecular formula is C22H20N4O3S2. The van der Waals surface area contributed by atoms with Crippen LogP contribution in [0, 0.1) is 13.8 Å². The van der Waals surface area contributed by atoms with E-state index in [2.05, 4.69) is 18.8 Å². The number of fused-ring (bicyclic) bond motifs is 1. The third kappa shape index (κ3) is 4.48. The number of benzene rings is 3. The first-order chi connectivity index (χ1) is 14.8. The minimum absolute atomic E-state index is 0.0148. The van der Waals surface area contributed by atoms with Gasteiger partial charge in [-0.1, -0.05) is 54.1 Å². The highest BCUT2D eigenvalue weighted by Gasteiger charge is 2.29. The molecule has 1 amide bonds. The molecule has 0 radical (unpaired) electrons. The van der Waals surface area contributed by atoms with Crippen LogP contribution in [0.15, 0.2) is 71.6 Å². The standard InChI is InChI=1S/C22H20N4O3S2/c1-14-11-12-17(15(2)13-14)23-22(27)20(16-7-4-3-5-8-16)26-31(28,29)19-10-6-9-18-21(19)25-30-24-18/h3-13,20,26H,1-2H3,(H,23,27)/t20-/m1/s1.